The van der Waals surface area contributed by atoms with Crippen LogP contribution >= 0.6 is 0 Å². The zero-order chi connectivity index (χ0) is 28.4. The van der Waals surface area contributed by atoms with E-state index in [-0.39, 0.29) is 34.5 Å². The molecule has 0 spiro atoms. The van der Waals surface area contributed by atoms with Crippen molar-refractivity contribution >= 4 is 23.0 Å². The molecule has 2 heterocycles. The van der Waals surface area contributed by atoms with Crippen molar-refractivity contribution in [2.75, 3.05) is 6.61 Å². The molecule has 0 radical (unpaired) electrons. The van der Waals surface area contributed by atoms with Crippen molar-refractivity contribution in [3.63, 3.8) is 0 Å². The molecule has 208 valence electrons. The van der Waals surface area contributed by atoms with Crippen LogP contribution < -0.4 is 5.43 Å². The molecule has 6 atom stereocenters. The van der Waals surface area contributed by atoms with Crippen molar-refractivity contribution in [3.05, 3.63) is 75.1 Å². The van der Waals surface area contributed by atoms with E-state index in [9.17, 15) is 40.2 Å². The minimum atomic E-state index is -1.75. The van der Waals surface area contributed by atoms with E-state index < -0.39 is 60.4 Å². The summed E-state index contributed by atoms with van der Waals surface area (Å²) in [5.74, 6) is -1.17. The number of hydrogen-bond donors (Lipinski definition) is 6. The number of aliphatic hydroxyl groups is 4. The standard InChI is InChI=1S/C28H30O11/c1-13-9-18(32)23(26-22(13)19(33)11-17(37-26)10-14(2)30)27-28(25(36)24(35)20(12-29)38-27)39-21(34)8-5-15-3-6-16(31)7-4-15/h3-9,11,14,20,24-25,27-32,35-36H,10,12H2,1-2H3. The van der Waals surface area contributed by atoms with Gasteiger partial charge in [-0.25, -0.2) is 4.79 Å². The minimum Gasteiger partial charge on any atom is -0.508 e. The second-order valence-electron chi connectivity index (χ2n) is 9.55. The molecule has 6 N–H and O–H groups in total. The third kappa shape index (κ3) is 5.97. The van der Waals surface area contributed by atoms with Crippen molar-refractivity contribution in [1.82, 2.24) is 0 Å². The number of ether oxygens (including phenoxy) is 2. The lowest BCUT2D eigenvalue weighted by Crippen LogP contribution is -2.56. The summed E-state index contributed by atoms with van der Waals surface area (Å²) in [6.07, 6.45) is -6.18. The number of esters is 1. The summed E-state index contributed by atoms with van der Waals surface area (Å²) in [5, 5.41) is 61.5. The fourth-order valence-corrected chi connectivity index (χ4v) is 4.62. The average Bonchev–Trinajstić information content (AvgIpc) is 2.86. The molecule has 1 aliphatic rings. The Labute approximate surface area is 222 Å². The van der Waals surface area contributed by atoms with Crippen LogP contribution in [0.25, 0.3) is 17.0 Å². The molecule has 3 aromatic rings. The van der Waals surface area contributed by atoms with Crippen LogP contribution in [0.15, 0.2) is 51.7 Å². The van der Waals surface area contributed by atoms with Gasteiger partial charge in [0.2, 0.25) is 0 Å². The highest BCUT2D eigenvalue weighted by Crippen LogP contribution is 2.42. The highest BCUT2D eigenvalue weighted by Gasteiger charge is 2.48. The fraction of sp³-hybridized carbons (Fsp3) is 0.357. The molecule has 0 saturated carbocycles. The second kappa shape index (κ2) is 11.6. The predicted molar refractivity (Wildman–Crippen MR) is 138 cm³/mol. The van der Waals surface area contributed by atoms with E-state index in [4.69, 9.17) is 13.9 Å². The first-order chi connectivity index (χ1) is 18.5. The highest BCUT2D eigenvalue weighted by molar-refractivity contribution is 5.88. The molecule has 11 heteroatoms. The number of carbonyl (C=O) groups excluding carboxylic acids is 1. The number of hydrogen-bond acceptors (Lipinski definition) is 11. The smallest absolute Gasteiger partial charge is 0.331 e. The van der Waals surface area contributed by atoms with Gasteiger partial charge in [-0.2, -0.15) is 0 Å². The van der Waals surface area contributed by atoms with Crippen LogP contribution in [0.4, 0.5) is 0 Å². The summed E-state index contributed by atoms with van der Waals surface area (Å²) < 4.78 is 17.2. The molecular formula is C28H30O11. The number of aromatic hydroxyl groups is 2. The Kier molecular flexibility index (Phi) is 8.38. The van der Waals surface area contributed by atoms with Gasteiger partial charge in [0.25, 0.3) is 0 Å². The molecule has 2 aromatic carbocycles. The van der Waals surface area contributed by atoms with Crippen molar-refractivity contribution < 1.29 is 49.3 Å². The molecule has 1 aromatic heterocycles. The number of aryl methyl sites for hydroxylation is 1. The number of carbonyl (C=O) groups is 1. The lowest BCUT2D eigenvalue weighted by Gasteiger charge is -2.42. The van der Waals surface area contributed by atoms with Gasteiger partial charge < -0.3 is 44.5 Å². The molecule has 0 amide bonds. The highest BCUT2D eigenvalue weighted by atomic mass is 16.6. The van der Waals surface area contributed by atoms with E-state index in [2.05, 4.69) is 0 Å². The Balaban J connectivity index is 1.79. The molecule has 6 unspecified atom stereocenters. The molecule has 1 aliphatic heterocycles. The molecule has 1 saturated heterocycles. The lowest BCUT2D eigenvalue weighted by atomic mass is 9.89. The lowest BCUT2D eigenvalue weighted by molar-refractivity contribution is -0.239. The van der Waals surface area contributed by atoms with E-state index in [1.165, 1.54) is 37.3 Å². The van der Waals surface area contributed by atoms with Crippen LogP contribution in [0.3, 0.4) is 0 Å². The van der Waals surface area contributed by atoms with E-state index in [0.29, 0.717) is 11.1 Å². The molecule has 39 heavy (non-hydrogen) atoms. The third-order valence-corrected chi connectivity index (χ3v) is 6.47. The van der Waals surface area contributed by atoms with Crippen LogP contribution in [0.5, 0.6) is 11.5 Å². The first-order valence-electron chi connectivity index (χ1n) is 12.3. The van der Waals surface area contributed by atoms with Crippen molar-refractivity contribution in [3.8, 4) is 11.5 Å². The van der Waals surface area contributed by atoms with Gasteiger partial charge in [-0.3, -0.25) is 4.79 Å². The summed E-state index contributed by atoms with van der Waals surface area (Å²) in [5.41, 5.74) is 0.249. The Morgan fingerprint density at radius 3 is 2.46 bits per heavy atom. The Bertz CT molecular complexity index is 1420. The molecule has 11 nitrogen and oxygen atoms in total. The average molecular weight is 543 g/mol. The fourth-order valence-electron chi connectivity index (χ4n) is 4.62. The zero-order valence-electron chi connectivity index (χ0n) is 21.2. The third-order valence-electron chi connectivity index (χ3n) is 6.47. The Morgan fingerprint density at radius 1 is 1.13 bits per heavy atom. The van der Waals surface area contributed by atoms with Gasteiger partial charge in [0.1, 0.15) is 47.3 Å². The maximum atomic E-state index is 13.0. The predicted octanol–water partition coefficient (Wildman–Crippen LogP) is 1.22. The summed E-state index contributed by atoms with van der Waals surface area (Å²) in [6.45, 7) is 2.38. The number of fused-ring (bicyclic) bond motifs is 1. The summed E-state index contributed by atoms with van der Waals surface area (Å²) in [4.78, 5) is 25.7. The van der Waals surface area contributed by atoms with Crippen LogP contribution in [0.1, 0.15) is 35.5 Å². The van der Waals surface area contributed by atoms with Gasteiger partial charge >= 0.3 is 5.97 Å². The molecular weight excluding hydrogens is 512 g/mol. The van der Waals surface area contributed by atoms with Crippen molar-refractivity contribution in [2.24, 2.45) is 0 Å². The molecule has 1 fully saturated rings. The van der Waals surface area contributed by atoms with Crippen molar-refractivity contribution in [2.45, 2.75) is 56.9 Å². The van der Waals surface area contributed by atoms with Gasteiger partial charge in [-0.05, 0) is 49.2 Å². The SMILES string of the molecule is Cc1cc(O)c(C2OC(CO)C(O)C(O)C2OC(=O)C=Cc2ccc(O)cc2)c2oc(CC(C)O)cc(=O)c12. The number of benzene rings is 2. The van der Waals surface area contributed by atoms with Gasteiger partial charge in [0.05, 0.1) is 23.7 Å². The first-order valence-corrected chi connectivity index (χ1v) is 12.3. The van der Waals surface area contributed by atoms with Gasteiger partial charge in [0.15, 0.2) is 11.5 Å². The number of rotatable bonds is 7. The maximum absolute atomic E-state index is 13.0. The summed E-state index contributed by atoms with van der Waals surface area (Å²) in [7, 11) is 0. The normalized spacial score (nSPS) is 24.2. The van der Waals surface area contributed by atoms with E-state index >= 15 is 0 Å². The summed E-state index contributed by atoms with van der Waals surface area (Å²) in [6, 6.07) is 8.48. The van der Waals surface area contributed by atoms with E-state index in [0.717, 1.165) is 6.08 Å². The second-order valence-corrected chi connectivity index (χ2v) is 9.55. The summed E-state index contributed by atoms with van der Waals surface area (Å²) >= 11 is 0. The topological polar surface area (TPSA) is 187 Å². The minimum absolute atomic E-state index is 0.00801. The maximum Gasteiger partial charge on any atom is 0.331 e. The zero-order valence-corrected chi connectivity index (χ0v) is 21.2. The number of phenolic OH excluding ortho intramolecular Hbond substituents is 2. The van der Waals surface area contributed by atoms with Crippen molar-refractivity contribution in [1.29, 1.82) is 0 Å². The van der Waals surface area contributed by atoms with Crippen LogP contribution in [0.2, 0.25) is 0 Å². The van der Waals surface area contributed by atoms with Crippen LogP contribution in [0, 0.1) is 6.92 Å². The van der Waals surface area contributed by atoms with Crippen LogP contribution in [-0.2, 0) is 20.7 Å². The molecule has 0 aliphatic carbocycles. The monoisotopic (exact) mass is 542 g/mol. The molecule has 4 rings (SSSR count). The Hall–Kier alpha value is -3.74. The quantitative estimate of drug-likeness (QED) is 0.186. The molecule has 0 bridgehead atoms. The largest absolute Gasteiger partial charge is 0.508 e. The first kappa shape index (κ1) is 28.3. The van der Waals surface area contributed by atoms with Gasteiger partial charge in [0, 0.05) is 18.6 Å². The van der Waals surface area contributed by atoms with Gasteiger partial charge in [-0.15, -0.1) is 0 Å². The van der Waals surface area contributed by atoms with E-state index in [1.807, 2.05) is 0 Å². The number of aliphatic hydroxyl groups excluding tert-OH is 4. The number of phenols is 2. The van der Waals surface area contributed by atoms with Crippen LogP contribution in [-0.4, -0.2) is 73.7 Å². The Morgan fingerprint density at radius 2 is 1.82 bits per heavy atom. The van der Waals surface area contributed by atoms with E-state index in [1.54, 1.807) is 19.1 Å². The van der Waals surface area contributed by atoms with Gasteiger partial charge in [-0.1, -0.05) is 12.1 Å².